The van der Waals surface area contributed by atoms with Crippen LogP contribution in [0.2, 0.25) is 0 Å². The molecule has 0 bridgehead atoms. The highest BCUT2D eigenvalue weighted by Crippen LogP contribution is 2.35. The Labute approximate surface area is 184 Å². The maximum atomic E-state index is 12.6. The number of carbonyl (C=O) groups is 2. The van der Waals surface area contributed by atoms with Gasteiger partial charge in [0, 0.05) is 22.4 Å². The van der Waals surface area contributed by atoms with Gasteiger partial charge in [-0.25, -0.2) is 4.79 Å². The van der Waals surface area contributed by atoms with Crippen molar-refractivity contribution in [3.05, 3.63) is 45.5 Å². The molecular weight excluding hydrogens is 418 g/mol. The number of furan rings is 1. The second kappa shape index (κ2) is 8.78. The van der Waals surface area contributed by atoms with Gasteiger partial charge >= 0.3 is 5.63 Å². The van der Waals surface area contributed by atoms with Crippen LogP contribution in [0.5, 0.6) is 0 Å². The van der Waals surface area contributed by atoms with Crippen LogP contribution < -0.4 is 16.0 Å². The predicted octanol–water partition coefficient (Wildman–Crippen LogP) is 2.68. The number of thioether (sulfide) groups is 1. The van der Waals surface area contributed by atoms with Crippen LogP contribution >= 0.6 is 11.8 Å². The number of aliphatic carboxylic acids is 1. The van der Waals surface area contributed by atoms with Crippen molar-refractivity contribution in [2.24, 2.45) is 0 Å². The standard InChI is InChI=1S/C23H27NO6S/c1-12-13-8-15-16(23(2,3)4)11-29-18(15)10-19(13)30-22(28)14(12)9-20(25)24-17(21(26)27)6-7-31-5/h8,10-11,17H,6-7,9H2,1-5H3,(H,24,25)(H,26,27)/p-1/t17-/m0/s1. The zero-order valence-electron chi connectivity index (χ0n) is 18.3. The van der Waals surface area contributed by atoms with Gasteiger partial charge in [-0.3, -0.25) is 4.79 Å². The van der Waals surface area contributed by atoms with Gasteiger partial charge in [0.2, 0.25) is 5.91 Å². The van der Waals surface area contributed by atoms with Crippen molar-refractivity contribution in [1.29, 1.82) is 0 Å². The van der Waals surface area contributed by atoms with Crippen molar-refractivity contribution in [2.45, 2.75) is 52.0 Å². The quantitative estimate of drug-likeness (QED) is 0.558. The van der Waals surface area contributed by atoms with Gasteiger partial charge in [-0.15, -0.1) is 0 Å². The fourth-order valence-corrected chi connectivity index (χ4v) is 4.06. The first kappa shape index (κ1) is 22.9. The molecule has 7 nitrogen and oxygen atoms in total. The molecule has 1 N–H and O–H groups in total. The number of hydrogen-bond donors (Lipinski definition) is 1. The fraction of sp³-hybridized carbons (Fsp3) is 0.435. The lowest BCUT2D eigenvalue weighted by Gasteiger charge is -2.19. The SMILES string of the molecule is CSCC[C@H](NC(=O)Cc1c(C)c2cc3c(C(C)(C)C)coc3cc2oc1=O)C(=O)[O-]. The molecule has 2 aromatic heterocycles. The average Bonchev–Trinajstić information content (AvgIpc) is 3.10. The summed E-state index contributed by atoms with van der Waals surface area (Å²) in [6, 6.07) is 2.50. The van der Waals surface area contributed by atoms with E-state index in [0.717, 1.165) is 10.9 Å². The van der Waals surface area contributed by atoms with Crippen LogP contribution in [0, 0.1) is 6.92 Å². The molecule has 0 spiro atoms. The van der Waals surface area contributed by atoms with Crippen LogP contribution in [0.3, 0.4) is 0 Å². The van der Waals surface area contributed by atoms with E-state index in [2.05, 4.69) is 26.1 Å². The Morgan fingerprint density at radius 3 is 2.52 bits per heavy atom. The maximum Gasteiger partial charge on any atom is 0.340 e. The summed E-state index contributed by atoms with van der Waals surface area (Å²) in [5.41, 5.74) is 2.08. The second-order valence-corrected chi connectivity index (χ2v) is 9.62. The number of nitrogens with one attached hydrogen (secondary N) is 1. The van der Waals surface area contributed by atoms with Gasteiger partial charge in [0.05, 0.1) is 30.3 Å². The number of fused-ring (bicyclic) bond motifs is 2. The van der Waals surface area contributed by atoms with Gasteiger partial charge in [0.15, 0.2) is 0 Å². The third-order valence-corrected chi connectivity index (χ3v) is 6.00. The molecule has 31 heavy (non-hydrogen) atoms. The first-order valence-electron chi connectivity index (χ1n) is 10.00. The number of rotatable bonds is 7. The van der Waals surface area contributed by atoms with Gasteiger partial charge in [0.25, 0.3) is 0 Å². The lowest BCUT2D eigenvalue weighted by atomic mass is 9.86. The molecule has 0 saturated heterocycles. The number of carbonyl (C=O) groups excluding carboxylic acids is 2. The molecule has 8 heteroatoms. The zero-order chi connectivity index (χ0) is 22.9. The smallest absolute Gasteiger partial charge is 0.340 e. The van der Waals surface area contributed by atoms with E-state index in [9.17, 15) is 19.5 Å². The summed E-state index contributed by atoms with van der Waals surface area (Å²) in [4.78, 5) is 36.3. The molecule has 1 amide bonds. The van der Waals surface area contributed by atoms with Gasteiger partial charge in [-0.2, -0.15) is 11.8 Å². The van der Waals surface area contributed by atoms with Crippen molar-refractivity contribution in [2.75, 3.05) is 12.0 Å². The van der Waals surface area contributed by atoms with E-state index in [1.54, 1.807) is 19.3 Å². The minimum Gasteiger partial charge on any atom is -0.548 e. The molecule has 0 radical (unpaired) electrons. The number of benzene rings is 1. The molecule has 0 fully saturated rings. The molecule has 3 aromatic rings. The molecule has 0 aliphatic carbocycles. The van der Waals surface area contributed by atoms with Gasteiger partial charge in [0.1, 0.15) is 11.2 Å². The summed E-state index contributed by atoms with van der Waals surface area (Å²) in [7, 11) is 0. The molecule has 0 aliphatic rings. The Bertz CT molecular complexity index is 1200. The minimum atomic E-state index is -1.35. The van der Waals surface area contributed by atoms with Crippen molar-refractivity contribution in [3.8, 4) is 0 Å². The molecule has 1 atom stereocenters. The van der Waals surface area contributed by atoms with Crippen LogP contribution in [0.4, 0.5) is 0 Å². The lowest BCUT2D eigenvalue weighted by Crippen LogP contribution is -2.48. The number of carboxylic acids is 1. The van der Waals surface area contributed by atoms with E-state index in [1.165, 1.54) is 11.8 Å². The third-order valence-electron chi connectivity index (χ3n) is 5.36. The summed E-state index contributed by atoms with van der Waals surface area (Å²) < 4.78 is 11.1. The average molecular weight is 445 g/mol. The van der Waals surface area contributed by atoms with Crippen molar-refractivity contribution >= 4 is 45.6 Å². The molecule has 2 heterocycles. The van der Waals surface area contributed by atoms with E-state index >= 15 is 0 Å². The molecule has 0 saturated carbocycles. The zero-order valence-corrected chi connectivity index (χ0v) is 19.1. The summed E-state index contributed by atoms with van der Waals surface area (Å²) in [5, 5.41) is 15.4. The summed E-state index contributed by atoms with van der Waals surface area (Å²) in [6.45, 7) is 8.01. The van der Waals surface area contributed by atoms with Crippen molar-refractivity contribution in [1.82, 2.24) is 5.32 Å². The molecule has 3 rings (SSSR count). The maximum absolute atomic E-state index is 12.6. The van der Waals surface area contributed by atoms with E-state index in [-0.39, 0.29) is 23.8 Å². The normalized spacial score (nSPS) is 12.9. The fourth-order valence-electron chi connectivity index (χ4n) is 3.59. The number of amides is 1. The molecule has 166 valence electrons. The molecular formula is C23H26NO6S-. The summed E-state index contributed by atoms with van der Waals surface area (Å²) >= 11 is 1.47. The van der Waals surface area contributed by atoms with E-state index in [1.807, 2.05) is 12.3 Å². The highest BCUT2D eigenvalue weighted by Gasteiger charge is 2.22. The second-order valence-electron chi connectivity index (χ2n) is 8.63. The predicted molar refractivity (Wildman–Crippen MR) is 119 cm³/mol. The van der Waals surface area contributed by atoms with Gasteiger partial charge in [-0.05, 0) is 42.4 Å². The Balaban J connectivity index is 1.99. The van der Waals surface area contributed by atoms with Crippen LogP contribution in [-0.4, -0.2) is 29.9 Å². The number of hydrogen-bond acceptors (Lipinski definition) is 7. The molecule has 1 aromatic carbocycles. The van der Waals surface area contributed by atoms with Gasteiger partial charge < -0.3 is 24.1 Å². The van der Waals surface area contributed by atoms with Crippen molar-refractivity contribution in [3.63, 3.8) is 0 Å². The van der Waals surface area contributed by atoms with Crippen LogP contribution in [0.1, 0.15) is 43.9 Å². The highest BCUT2D eigenvalue weighted by molar-refractivity contribution is 7.98. The van der Waals surface area contributed by atoms with E-state index in [0.29, 0.717) is 27.9 Å². The summed E-state index contributed by atoms with van der Waals surface area (Å²) in [5.74, 6) is -1.35. The largest absolute Gasteiger partial charge is 0.548 e. The first-order chi connectivity index (χ1) is 14.5. The van der Waals surface area contributed by atoms with Crippen LogP contribution in [0.25, 0.3) is 21.9 Å². The van der Waals surface area contributed by atoms with Crippen LogP contribution in [0.15, 0.2) is 32.0 Å². The van der Waals surface area contributed by atoms with Crippen LogP contribution in [-0.2, 0) is 21.4 Å². The first-order valence-corrected chi connectivity index (χ1v) is 11.4. The summed E-state index contributed by atoms with van der Waals surface area (Å²) in [6.07, 6.45) is 3.52. The Morgan fingerprint density at radius 1 is 1.19 bits per heavy atom. The number of aryl methyl sites for hydroxylation is 1. The topological polar surface area (TPSA) is 113 Å². The number of carboxylic acid groups (broad SMARTS) is 1. The highest BCUT2D eigenvalue weighted by atomic mass is 32.2. The third kappa shape index (κ3) is 4.79. The Morgan fingerprint density at radius 2 is 1.90 bits per heavy atom. The van der Waals surface area contributed by atoms with Gasteiger partial charge in [-0.1, -0.05) is 20.8 Å². The molecule has 0 aliphatic heterocycles. The van der Waals surface area contributed by atoms with E-state index < -0.39 is 23.5 Å². The Hall–Kier alpha value is -2.74. The van der Waals surface area contributed by atoms with E-state index in [4.69, 9.17) is 8.83 Å². The minimum absolute atomic E-state index is 0.137. The van der Waals surface area contributed by atoms with Crippen molar-refractivity contribution < 1.29 is 23.5 Å². The monoisotopic (exact) mass is 444 g/mol. The Kier molecular flexibility index (Phi) is 6.50. The molecule has 0 unspecified atom stereocenters. The lowest BCUT2D eigenvalue weighted by molar-refractivity contribution is -0.308.